The van der Waals surface area contributed by atoms with Gasteiger partial charge < -0.3 is 5.73 Å². The number of amides is 1. The second-order valence-electron chi connectivity index (χ2n) is 2.53. The lowest BCUT2D eigenvalue weighted by atomic mass is 10.1. The quantitative estimate of drug-likeness (QED) is 0.585. The van der Waals surface area contributed by atoms with Crippen LogP contribution >= 0.6 is 11.6 Å². The molecule has 2 N–H and O–H groups in total. The van der Waals surface area contributed by atoms with Gasteiger partial charge in [-0.15, -0.1) is 0 Å². The number of hydrogen-bond donors (Lipinski definition) is 1. The normalized spacial score (nSPS) is 26.1. The molecule has 0 spiro atoms. The van der Waals surface area contributed by atoms with Crippen molar-refractivity contribution in [2.75, 3.05) is 0 Å². The van der Waals surface area contributed by atoms with Gasteiger partial charge in [0.05, 0.1) is 5.71 Å². The molecule has 2 aliphatic rings. The van der Waals surface area contributed by atoms with Crippen LogP contribution in [0.25, 0.3) is 0 Å². The topological polar surface area (TPSA) is 80.2 Å². The van der Waals surface area contributed by atoms with Gasteiger partial charge in [-0.3, -0.25) is 9.79 Å². The predicted octanol–water partition coefficient (Wildman–Crippen LogP) is -0.142. The van der Waals surface area contributed by atoms with Crippen molar-refractivity contribution < 1.29 is 4.79 Å². The van der Waals surface area contributed by atoms with Crippen LogP contribution in [0.3, 0.4) is 0 Å². The molecular weight excluding hydrogens is 192 g/mol. The van der Waals surface area contributed by atoms with Crippen molar-refractivity contribution in [1.82, 2.24) is 0 Å². The Kier molecular flexibility index (Phi) is 1.73. The van der Waals surface area contributed by atoms with Crippen molar-refractivity contribution in [3.05, 3.63) is 12.2 Å². The molecule has 0 aromatic rings. The van der Waals surface area contributed by atoms with Crippen LogP contribution in [0.15, 0.2) is 27.1 Å². The molecule has 13 heavy (non-hydrogen) atoms. The fraction of sp³-hybridized carbons (Fsp3) is 0.143. The van der Waals surface area contributed by atoms with Crippen LogP contribution in [0.5, 0.6) is 0 Å². The maximum atomic E-state index is 11.2. The van der Waals surface area contributed by atoms with E-state index in [0.29, 0.717) is 5.71 Å². The Bertz CT molecular complexity index is 393. The Morgan fingerprint density at radius 1 is 1.38 bits per heavy atom. The van der Waals surface area contributed by atoms with E-state index in [4.69, 9.17) is 17.3 Å². The summed E-state index contributed by atoms with van der Waals surface area (Å²) in [6, 6.07) is -0.704. The number of carbonyl (C=O) groups is 1. The largest absolute Gasteiger partial charge is 0.368 e. The van der Waals surface area contributed by atoms with Crippen LogP contribution in [0.4, 0.5) is 0 Å². The van der Waals surface area contributed by atoms with E-state index < -0.39 is 11.9 Å². The maximum Gasteiger partial charge on any atom is 0.279 e. The first-order valence-corrected chi connectivity index (χ1v) is 3.92. The fourth-order valence-corrected chi connectivity index (χ4v) is 1.25. The number of dihydropyridines is 1. The van der Waals surface area contributed by atoms with Crippen LogP contribution < -0.4 is 5.73 Å². The van der Waals surface area contributed by atoms with Gasteiger partial charge in [0.25, 0.3) is 5.91 Å². The number of rotatable bonds is 0. The highest BCUT2D eigenvalue weighted by Crippen LogP contribution is 2.12. The molecule has 0 saturated carbocycles. The highest BCUT2D eigenvalue weighted by Gasteiger charge is 2.28. The molecule has 6 heteroatoms. The lowest BCUT2D eigenvalue weighted by molar-refractivity contribution is -0.117. The van der Waals surface area contributed by atoms with Gasteiger partial charge in [0, 0.05) is 0 Å². The molecule has 0 fully saturated rings. The highest BCUT2D eigenvalue weighted by molar-refractivity contribution is 6.69. The third-order valence-corrected chi connectivity index (χ3v) is 1.85. The van der Waals surface area contributed by atoms with E-state index in [9.17, 15) is 4.79 Å². The third-order valence-electron chi connectivity index (χ3n) is 1.63. The molecule has 2 aliphatic heterocycles. The van der Waals surface area contributed by atoms with Crippen LogP contribution in [-0.2, 0) is 4.79 Å². The van der Waals surface area contributed by atoms with Crippen molar-refractivity contribution in [2.24, 2.45) is 20.7 Å². The number of nitrogens with two attached hydrogens (primary N) is 1. The van der Waals surface area contributed by atoms with Crippen LogP contribution in [0.1, 0.15) is 0 Å². The first-order valence-electron chi connectivity index (χ1n) is 3.55. The Morgan fingerprint density at radius 2 is 2.15 bits per heavy atom. The summed E-state index contributed by atoms with van der Waals surface area (Å²) in [4.78, 5) is 22.4. The second kappa shape index (κ2) is 2.77. The Hall–Kier alpha value is -1.49. The van der Waals surface area contributed by atoms with E-state index in [2.05, 4.69) is 15.0 Å². The number of halogens is 1. The van der Waals surface area contributed by atoms with Crippen molar-refractivity contribution in [2.45, 2.75) is 6.04 Å². The number of fused-ring (bicyclic) bond motifs is 1. The maximum absolute atomic E-state index is 11.2. The minimum absolute atomic E-state index is 0.0332. The minimum Gasteiger partial charge on any atom is -0.368 e. The number of guanidine groups is 1. The summed E-state index contributed by atoms with van der Waals surface area (Å²) in [5.74, 6) is -0.459. The summed E-state index contributed by atoms with van der Waals surface area (Å²) >= 11 is 5.61. The van der Waals surface area contributed by atoms with Gasteiger partial charge in [0.2, 0.25) is 5.96 Å². The molecule has 0 saturated heterocycles. The van der Waals surface area contributed by atoms with Crippen molar-refractivity contribution in [3.8, 4) is 0 Å². The second-order valence-corrected chi connectivity index (χ2v) is 2.92. The van der Waals surface area contributed by atoms with E-state index in [1.54, 1.807) is 12.2 Å². The molecule has 2 rings (SSSR count). The molecule has 0 aromatic carbocycles. The van der Waals surface area contributed by atoms with Crippen LogP contribution in [-0.4, -0.2) is 28.8 Å². The van der Waals surface area contributed by atoms with Gasteiger partial charge in [-0.05, 0) is 12.2 Å². The summed E-state index contributed by atoms with van der Waals surface area (Å²) in [6.45, 7) is 0. The van der Waals surface area contributed by atoms with Gasteiger partial charge in [-0.2, -0.15) is 4.99 Å². The van der Waals surface area contributed by atoms with E-state index in [1.807, 2.05) is 0 Å². The molecule has 66 valence electrons. The first kappa shape index (κ1) is 8.12. The van der Waals surface area contributed by atoms with Gasteiger partial charge >= 0.3 is 0 Å². The monoisotopic (exact) mass is 196 g/mol. The third kappa shape index (κ3) is 1.38. The fourth-order valence-electron chi connectivity index (χ4n) is 1.09. The van der Waals surface area contributed by atoms with E-state index in [1.165, 1.54) is 0 Å². The predicted molar refractivity (Wildman–Crippen MR) is 50.3 cm³/mol. The number of nitrogens with zero attached hydrogens (tertiary/aromatic N) is 3. The first-order chi connectivity index (χ1) is 6.16. The lowest BCUT2D eigenvalue weighted by Crippen LogP contribution is -2.35. The van der Waals surface area contributed by atoms with E-state index in [-0.39, 0.29) is 11.1 Å². The Labute approximate surface area is 78.7 Å². The lowest BCUT2D eigenvalue weighted by Gasteiger charge is -2.15. The average Bonchev–Trinajstić information content (AvgIpc) is 2.06. The molecule has 2 heterocycles. The summed E-state index contributed by atoms with van der Waals surface area (Å²) in [5, 5.41) is 0.271. The molecule has 5 nitrogen and oxygen atoms in total. The molecule has 0 radical (unpaired) electrons. The molecule has 1 unspecified atom stereocenters. The molecule has 0 aromatic heterocycles. The number of hydrogen-bond acceptors (Lipinski definition) is 4. The zero-order chi connectivity index (χ0) is 9.42. The molecule has 0 aliphatic carbocycles. The summed E-state index contributed by atoms with van der Waals surface area (Å²) < 4.78 is 0. The average molecular weight is 197 g/mol. The highest BCUT2D eigenvalue weighted by atomic mass is 35.5. The van der Waals surface area contributed by atoms with E-state index >= 15 is 0 Å². The smallest absolute Gasteiger partial charge is 0.279 e. The van der Waals surface area contributed by atoms with Crippen LogP contribution in [0.2, 0.25) is 0 Å². The summed E-state index contributed by atoms with van der Waals surface area (Å²) in [5.41, 5.74) is 5.78. The number of aliphatic imine (C=N–C) groups is 3. The SMILES string of the molecule is NC1=NC(=O)C2N=C(Cl)C=CC2=N1. The van der Waals surface area contributed by atoms with Gasteiger partial charge in [0.15, 0.2) is 6.04 Å². The zero-order valence-electron chi connectivity index (χ0n) is 6.44. The van der Waals surface area contributed by atoms with Gasteiger partial charge in [-0.25, -0.2) is 4.99 Å². The number of carbonyl (C=O) groups excluding carboxylic acids is 1. The van der Waals surface area contributed by atoms with Crippen molar-refractivity contribution >= 4 is 34.4 Å². The molecule has 1 atom stereocenters. The molecule has 0 bridgehead atoms. The van der Waals surface area contributed by atoms with E-state index in [0.717, 1.165) is 0 Å². The summed E-state index contributed by atoms with van der Waals surface area (Å²) in [7, 11) is 0. The summed E-state index contributed by atoms with van der Waals surface area (Å²) in [6.07, 6.45) is 3.17. The van der Waals surface area contributed by atoms with Crippen molar-refractivity contribution in [3.63, 3.8) is 0 Å². The Morgan fingerprint density at radius 3 is 2.92 bits per heavy atom. The zero-order valence-corrected chi connectivity index (χ0v) is 7.19. The standard InChI is InChI=1S/C7H5ClN4O/c8-4-2-1-3-5(11-4)6(13)12-7(9)10-3/h1-2,5H,(H2,9,12,13). The van der Waals surface area contributed by atoms with Crippen molar-refractivity contribution in [1.29, 1.82) is 0 Å². The van der Waals surface area contributed by atoms with Gasteiger partial charge in [0.1, 0.15) is 5.17 Å². The number of allylic oxidation sites excluding steroid dienone is 1. The molecule has 1 amide bonds. The Balaban J connectivity index is 2.44. The minimum atomic E-state index is -0.704. The van der Waals surface area contributed by atoms with Crippen LogP contribution in [0, 0.1) is 0 Å². The molecular formula is C7H5ClN4O. The van der Waals surface area contributed by atoms with Gasteiger partial charge in [-0.1, -0.05) is 11.6 Å².